The van der Waals surface area contributed by atoms with Gasteiger partial charge in [0, 0.05) is 6.20 Å². The first-order valence-electron chi connectivity index (χ1n) is 6.39. The summed E-state index contributed by atoms with van der Waals surface area (Å²) in [4.78, 5) is 3.88. The molecular formula is C15H16F3N3. The normalized spacial score (nSPS) is 13.2. The van der Waals surface area contributed by atoms with E-state index in [9.17, 15) is 13.2 Å². The van der Waals surface area contributed by atoms with E-state index < -0.39 is 17.8 Å². The van der Waals surface area contributed by atoms with Crippen LogP contribution >= 0.6 is 0 Å². The second-order valence-electron chi connectivity index (χ2n) is 4.91. The summed E-state index contributed by atoms with van der Waals surface area (Å²) in [7, 11) is 0. The van der Waals surface area contributed by atoms with Crippen molar-refractivity contribution in [1.82, 2.24) is 10.4 Å². The van der Waals surface area contributed by atoms with Gasteiger partial charge in [0.15, 0.2) is 0 Å². The largest absolute Gasteiger partial charge is 0.417 e. The van der Waals surface area contributed by atoms with E-state index in [0.717, 1.165) is 29.0 Å². The van der Waals surface area contributed by atoms with Crippen LogP contribution in [-0.2, 0) is 6.18 Å². The second kappa shape index (κ2) is 5.83. The number of halogens is 3. The van der Waals surface area contributed by atoms with Gasteiger partial charge in [-0.05, 0) is 42.7 Å². The van der Waals surface area contributed by atoms with Crippen molar-refractivity contribution in [2.45, 2.75) is 26.1 Å². The molecule has 0 fully saturated rings. The highest BCUT2D eigenvalue weighted by atomic mass is 19.4. The van der Waals surface area contributed by atoms with Crippen molar-refractivity contribution in [3.8, 4) is 0 Å². The van der Waals surface area contributed by atoms with Gasteiger partial charge in [-0.2, -0.15) is 13.2 Å². The van der Waals surface area contributed by atoms with E-state index in [2.05, 4.69) is 10.4 Å². The molecule has 112 valence electrons. The van der Waals surface area contributed by atoms with Gasteiger partial charge in [0.1, 0.15) is 0 Å². The Kier molecular flexibility index (Phi) is 4.29. The minimum absolute atomic E-state index is 0.439. The number of rotatable bonds is 3. The Morgan fingerprint density at radius 1 is 1.10 bits per heavy atom. The first-order chi connectivity index (χ1) is 9.82. The zero-order valence-electron chi connectivity index (χ0n) is 11.7. The molecule has 2 rings (SSSR count). The Morgan fingerprint density at radius 2 is 1.81 bits per heavy atom. The molecule has 0 radical (unpaired) electrons. The van der Waals surface area contributed by atoms with E-state index in [1.807, 2.05) is 32.0 Å². The van der Waals surface area contributed by atoms with Gasteiger partial charge in [0.2, 0.25) is 0 Å². The highest BCUT2D eigenvalue weighted by Crippen LogP contribution is 2.30. The average molecular weight is 295 g/mol. The molecule has 0 amide bonds. The molecule has 21 heavy (non-hydrogen) atoms. The third kappa shape index (κ3) is 3.40. The van der Waals surface area contributed by atoms with Gasteiger partial charge in [-0.15, -0.1) is 0 Å². The molecule has 3 nitrogen and oxygen atoms in total. The van der Waals surface area contributed by atoms with Gasteiger partial charge >= 0.3 is 6.18 Å². The van der Waals surface area contributed by atoms with Crippen molar-refractivity contribution in [3.63, 3.8) is 0 Å². The van der Waals surface area contributed by atoms with Gasteiger partial charge in [-0.25, -0.2) is 5.43 Å². The molecule has 1 unspecified atom stereocenters. The molecule has 0 aliphatic rings. The highest BCUT2D eigenvalue weighted by molar-refractivity contribution is 5.35. The minimum Gasteiger partial charge on any atom is -0.271 e. The van der Waals surface area contributed by atoms with Gasteiger partial charge in [0.25, 0.3) is 0 Å². The van der Waals surface area contributed by atoms with Crippen LogP contribution in [0.2, 0.25) is 0 Å². The molecule has 0 bridgehead atoms. The Balaban J connectivity index is 2.35. The quantitative estimate of drug-likeness (QED) is 0.675. The number of aryl methyl sites for hydroxylation is 2. The van der Waals surface area contributed by atoms with Crippen LogP contribution in [0.1, 0.15) is 34.0 Å². The van der Waals surface area contributed by atoms with Crippen LogP contribution in [0.15, 0.2) is 36.5 Å². The van der Waals surface area contributed by atoms with Crippen LogP contribution in [-0.4, -0.2) is 4.98 Å². The van der Waals surface area contributed by atoms with Crippen LogP contribution in [0, 0.1) is 13.8 Å². The first kappa shape index (κ1) is 15.5. The van der Waals surface area contributed by atoms with Crippen molar-refractivity contribution in [3.05, 3.63) is 64.5 Å². The third-order valence-corrected chi connectivity index (χ3v) is 3.44. The Labute approximate surface area is 121 Å². The molecule has 0 aliphatic carbocycles. The molecule has 0 aliphatic heterocycles. The lowest BCUT2D eigenvalue weighted by Gasteiger charge is -2.17. The molecule has 1 aromatic heterocycles. The monoisotopic (exact) mass is 295 g/mol. The van der Waals surface area contributed by atoms with Crippen molar-refractivity contribution >= 4 is 0 Å². The Hall–Kier alpha value is -1.92. The van der Waals surface area contributed by atoms with Gasteiger partial charge in [-0.1, -0.05) is 18.2 Å². The molecule has 3 N–H and O–H groups in total. The maximum absolute atomic E-state index is 12.5. The van der Waals surface area contributed by atoms with Crippen LogP contribution in [0.4, 0.5) is 13.2 Å². The fourth-order valence-corrected chi connectivity index (χ4v) is 2.04. The lowest BCUT2D eigenvalue weighted by Crippen LogP contribution is -2.29. The number of nitrogens with one attached hydrogen (secondary N) is 1. The minimum atomic E-state index is -4.39. The van der Waals surface area contributed by atoms with Crippen molar-refractivity contribution in [1.29, 1.82) is 0 Å². The summed E-state index contributed by atoms with van der Waals surface area (Å²) in [6.45, 7) is 3.95. The van der Waals surface area contributed by atoms with Gasteiger partial charge < -0.3 is 0 Å². The van der Waals surface area contributed by atoms with Crippen molar-refractivity contribution in [2.75, 3.05) is 0 Å². The molecule has 0 saturated carbocycles. The summed E-state index contributed by atoms with van der Waals surface area (Å²) >= 11 is 0. The van der Waals surface area contributed by atoms with Crippen LogP contribution in [0.3, 0.4) is 0 Å². The lowest BCUT2D eigenvalue weighted by atomic mass is 9.99. The predicted molar refractivity (Wildman–Crippen MR) is 74.3 cm³/mol. The van der Waals surface area contributed by atoms with E-state index in [1.165, 1.54) is 6.07 Å². The SMILES string of the molecule is Cc1ccc(C(NN)c2ccc(C(F)(F)F)cn2)cc1C. The van der Waals surface area contributed by atoms with E-state index in [1.54, 1.807) is 0 Å². The standard InChI is InChI=1S/C15H16F3N3/c1-9-3-4-11(7-10(9)2)14(21-19)13-6-5-12(8-20-13)15(16,17)18/h3-8,14,21H,19H2,1-2H3. The maximum Gasteiger partial charge on any atom is 0.417 e. The van der Waals surface area contributed by atoms with Gasteiger partial charge in [0.05, 0.1) is 17.3 Å². The molecule has 0 spiro atoms. The average Bonchev–Trinajstić information content (AvgIpc) is 2.43. The van der Waals surface area contributed by atoms with E-state index in [4.69, 9.17) is 5.84 Å². The fraction of sp³-hybridized carbons (Fsp3) is 0.267. The van der Waals surface area contributed by atoms with E-state index in [0.29, 0.717) is 5.69 Å². The Morgan fingerprint density at radius 3 is 2.29 bits per heavy atom. The molecule has 1 atom stereocenters. The number of nitrogens with zero attached hydrogens (tertiary/aromatic N) is 1. The smallest absolute Gasteiger partial charge is 0.271 e. The molecule has 0 saturated heterocycles. The van der Waals surface area contributed by atoms with Crippen molar-refractivity contribution < 1.29 is 13.2 Å². The number of pyridine rings is 1. The van der Waals surface area contributed by atoms with Gasteiger partial charge in [-0.3, -0.25) is 10.8 Å². The zero-order chi connectivity index (χ0) is 15.6. The second-order valence-corrected chi connectivity index (χ2v) is 4.91. The topological polar surface area (TPSA) is 50.9 Å². The number of hydrazine groups is 1. The molecule has 6 heteroatoms. The first-order valence-corrected chi connectivity index (χ1v) is 6.39. The number of benzene rings is 1. The predicted octanol–water partition coefficient (Wildman–Crippen LogP) is 3.27. The van der Waals surface area contributed by atoms with Crippen LogP contribution in [0.25, 0.3) is 0 Å². The molecule has 1 aromatic carbocycles. The summed E-state index contributed by atoms with van der Waals surface area (Å²) in [6, 6.07) is 7.66. The number of hydrogen-bond acceptors (Lipinski definition) is 3. The van der Waals surface area contributed by atoms with Crippen molar-refractivity contribution in [2.24, 2.45) is 5.84 Å². The summed E-state index contributed by atoms with van der Waals surface area (Å²) in [5, 5.41) is 0. The molecular weight excluding hydrogens is 279 g/mol. The number of aromatic nitrogens is 1. The zero-order valence-corrected chi connectivity index (χ0v) is 11.7. The van der Waals surface area contributed by atoms with Crippen LogP contribution in [0.5, 0.6) is 0 Å². The number of nitrogens with two attached hydrogens (primary N) is 1. The summed E-state index contributed by atoms with van der Waals surface area (Å²) < 4.78 is 37.6. The summed E-state index contributed by atoms with van der Waals surface area (Å²) in [5.74, 6) is 5.54. The lowest BCUT2D eigenvalue weighted by molar-refractivity contribution is -0.137. The number of hydrogen-bond donors (Lipinski definition) is 2. The molecule has 1 heterocycles. The Bertz CT molecular complexity index is 621. The number of alkyl halides is 3. The third-order valence-electron chi connectivity index (χ3n) is 3.44. The summed E-state index contributed by atoms with van der Waals surface area (Å²) in [5.41, 5.74) is 5.33. The van der Waals surface area contributed by atoms with E-state index in [-0.39, 0.29) is 0 Å². The summed E-state index contributed by atoms with van der Waals surface area (Å²) in [6.07, 6.45) is -3.57. The highest BCUT2D eigenvalue weighted by Gasteiger charge is 2.31. The fourth-order valence-electron chi connectivity index (χ4n) is 2.04. The molecule has 2 aromatic rings. The van der Waals surface area contributed by atoms with E-state index >= 15 is 0 Å². The van der Waals surface area contributed by atoms with Crippen LogP contribution < -0.4 is 11.3 Å². The maximum atomic E-state index is 12.5.